The molecule has 4 heteroatoms. The van der Waals surface area contributed by atoms with E-state index in [0.717, 1.165) is 24.3 Å². The van der Waals surface area contributed by atoms with Gasteiger partial charge in [0.05, 0.1) is 6.61 Å². The van der Waals surface area contributed by atoms with Crippen LogP contribution in [0.15, 0.2) is 18.2 Å². The number of rotatable bonds is 3. The Bertz CT molecular complexity index is 350. The molecule has 0 spiro atoms. The van der Waals surface area contributed by atoms with E-state index in [-0.39, 0.29) is 6.61 Å². The smallest absolute Gasteiger partial charge is 0.104 e. The Labute approximate surface area is 88.9 Å². The van der Waals surface area contributed by atoms with Gasteiger partial charge in [0, 0.05) is 30.0 Å². The number of nitrogen functional groups attached to an aromatic ring is 1. The first-order valence-corrected chi connectivity index (χ1v) is 5.15. The summed E-state index contributed by atoms with van der Waals surface area (Å²) in [6.07, 6.45) is 0.336. The normalized spacial score (nSPS) is 17.3. The number of hydrogen-bond acceptors (Lipinski definition) is 4. The summed E-state index contributed by atoms with van der Waals surface area (Å²) in [5.41, 5.74) is 7.98. The lowest BCUT2D eigenvalue weighted by Gasteiger charge is -2.35. The zero-order chi connectivity index (χ0) is 10.8. The molecule has 1 unspecified atom stereocenters. The van der Waals surface area contributed by atoms with Gasteiger partial charge in [0.2, 0.25) is 0 Å². The third-order valence-corrected chi connectivity index (χ3v) is 2.78. The Balaban J connectivity index is 2.34. The molecular formula is C11H16N2O2. The van der Waals surface area contributed by atoms with Gasteiger partial charge in [-0.05, 0) is 24.6 Å². The highest BCUT2D eigenvalue weighted by Crippen LogP contribution is 2.31. The van der Waals surface area contributed by atoms with E-state index < -0.39 is 6.10 Å². The van der Waals surface area contributed by atoms with E-state index in [0.29, 0.717) is 5.69 Å². The minimum absolute atomic E-state index is 0.274. The van der Waals surface area contributed by atoms with Crippen molar-refractivity contribution in [3.05, 3.63) is 23.8 Å². The van der Waals surface area contributed by atoms with Crippen molar-refractivity contribution in [3.63, 3.8) is 0 Å². The molecule has 1 fully saturated rings. The van der Waals surface area contributed by atoms with Gasteiger partial charge in [0.15, 0.2) is 0 Å². The molecule has 4 nitrogen and oxygen atoms in total. The Morgan fingerprint density at radius 2 is 2.13 bits per heavy atom. The number of benzene rings is 1. The summed E-state index contributed by atoms with van der Waals surface area (Å²) in [4.78, 5) is 2.17. The fraction of sp³-hybridized carbons (Fsp3) is 0.455. The molecule has 1 heterocycles. The molecule has 1 saturated heterocycles. The van der Waals surface area contributed by atoms with Gasteiger partial charge in [-0.3, -0.25) is 0 Å². The Morgan fingerprint density at radius 3 is 2.67 bits per heavy atom. The van der Waals surface area contributed by atoms with Gasteiger partial charge < -0.3 is 20.8 Å². The van der Waals surface area contributed by atoms with Gasteiger partial charge in [0.25, 0.3) is 0 Å². The van der Waals surface area contributed by atoms with Crippen molar-refractivity contribution in [2.75, 3.05) is 30.3 Å². The second kappa shape index (κ2) is 4.08. The molecule has 0 bridgehead atoms. The maximum atomic E-state index is 9.67. The molecule has 15 heavy (non-hydrogen) atoms. The van der Waals surface area contributed by atoms with Crippen LogP contribution >= 0.6 is 0 Å². The maximum Gasteiger partial charge on any atom is 0.104 e. The van der Waals surface area contributed by atoms with Crippen molar-refractivity contribution >= 4 is 11.4 Å². The summed E-state index contributed by atoms with van der Waals surface area (Å²) in [6, 6.07) is 5.46. The molecule has 0 amide bonds. The van der Waals surface area contributed by atoms with Crippen molar-refractivity contribution in [1.29, 1.82) is 0 Å². The SMILES string of the molecule is Nc1ccc(N2CCC2)c(C(O)CO)c1. The molecule has 0 saturated carbocycles. The lowest BCUT2D eigenvalue weighted by molar-refractivity contribution is 0.0958. The lowest BCUT2D eigenvalue weighted by Crippen LogP contribution is -2.38. The minimum Gasteiger partial charge on any atom is -0.399 e. The molecule has 1 aromatic carbocycles. The summed E-state index contributed by atoms with van der Waals surface area (Å²) in [7, 11) is 0. The van der Waals surface area contributed by atoms with Crippen LogP contribution in [0.1, 0.15) is 18.1 Å². The van der Waals surface area contributed by atoms with E-state index in [1.54, 1.807) is 6.07 Å². The number of aliphatic hydroxyl groups excluding tert-OH is 2. The Kier molecular flexibility index (Phi) is 2.79. The highest BCUT2D eigenvalue weighted by Gasteiger charge is 2.20. The summed E-state index contributed by atoms with van der Waals surface area (Å²) in [6.45, 7) is 1.74. The fourth-order valence-electron chi connectivity index (χ4n) is 1.78. The predicted molar refractivity (Wildman–Crippen MR) is 59.7 cm³/mol. The Morgan fingerprint density at radius 1 is 1.40 bits per heavy atom. The quantitative estimate of drug-likeness (QED) is 0.633. The first-order chi connectivity index (χ1) is 7.22. The van der Waals surface area contributed by atoms with Crippen LogP contribution < -0.4 is 10.6 Å². The standard InChI is InChI=1S/C11H16N2O2/c12-8-2-3-10(13-4-1-5-13)9(6-8)11(15)7-14/h2-3,6,11,14-15H,1,4-5,7,12H2. The van der Waals surface area contributed by atoms with E-state index in [4.69, 9.17) is 10.8 Å². The second-order valence-corrected chi connectivity index (χ2v) is 3.86. The molecule has 0 radical (unpaired) electrons. The average molecular weight is 208 g/mol. The van der Waals surface area contributed by atoms with E-state index in [2.05, 4.69) is 4.90 Å². The molecule has 2 rings (SSSR count). The van der Waals surface area contributed by atoms with E-state index >= 15 is 0 Å². The molecule has 1 atom stereocenters. The van der Waals surface area contributed by atoms with E-state index in [1.165, 1.54) is 6.42 Å². The highest BCUT2D eigenvalue weighted by molar-refractivity contribution is 5.61. The van der Waals surface area contributed by atoms with Gasteiger partial charge in [-0.1, -0.05) is 0 Å². The first kappa shape index (κ1) is 10.3. The number of aliphatic hydroxyl groups is 2. The third-order valence-electron chi connectivity index (χ3n) is 2.78. The van der Waals surface area contributed by atoms with E-state index in [1.807, 2.05) is 12.1 Å². The van der Waals surface area contributed by atoms with Gasteiger partial charge >= 0.3 is 0 Å². The molecule has 82 valence electrons. The zero-order valence-corrected chi connectivity index (χ0v) is 8.56. The molecule has 1 aliphatic rings. The van der Waals surface area contributed by atoms with Crippen LogP contribution in [-0.4, -0.2) is 29.9 Å². The number of hydrogen-bond donors (Lipinski definition) is 3. The topological polar surface area (TPSA) is 69.7 Å². The summed E-state index contributed by atoms with van der Waals surface area (Å²) < 4.78 is 0. The largest absolute Gasteiger partial charge is 0.399 e. The monoisotopic (exact) mass is 208 g/mol. The van der Waals surface area contributed by atoms with Crippen LogP contribution in [0.4, 0.5) is 11.4 Å². The molecule has 0 aliphatic carbocycles. The van der Waals surface area contributed by atoms with Crippen molar-refractivity contribution in [3.8, 4) is 0 Å². The zero-order valence-electron chi connectivity index (χ0n) is 8.56. The lowest BCUT2D eigenvalue weighted by atomic mass is 10.0. The van der Waals surface area contributed by atoms with Crippen LogP contribution in [0.25, 0.3) is 0 Å². The van der Waals surface area contributed by atoms with Gasteiger partial charge in [-0.15, -0.1) is 0 Å². The minimum atomic E-state index is -0.843. The van der Waals surface area contributed by atoms with Crippen LogP contribution in [0.3, 0.4) is 0 Å². The molecule has 0 aromatic heterocycles. The average Bonchev–Trinajstić information content (AvgIpc) is 2.17. The highest BCUT2D eigenvalue weighted by atomic mass is 16.3. The molecule has 4 N–H and O–H groups in total. The molecular weight excluding hydrogens is 192 g/mol. The van der Waals surface area contributed by atoms with Crippen molar-refractivity contribution in [2.45, 2.75) is 12.5 Å². The summed E-state index contributed by atoms with van der Waals surface area (Å²) in [5, 5.41) is 18.6. The van der Waals surface area contributed by atoms with Gasteiger partial charge in [-0.25, -0.2) is 0 Å². The Hall–Kier alpha value is -1.26. The van der Waals surface area contributed by atoms with Crippen LogP contribution in [0.5, 0.6) is 0 Å². The van der Waals surface area contributed by atoms with Crippen LogP contribution in [-0.2, 0) is 0 Å². The number of nitrogens with two attached hydrogens (primary N) is 1. The first-order valence-electron chi connectivity index (χ1n) is 5.15. The molecule has 1 aliphatic heterocycles. The van der Waals surface area contributed by atoms with Crippen molar-refractivity contribution in [1.82, 2.24) is 0 Å². The van der Waals surface area contributed by atoms with Crippen molar-refractivity contribution < 1.29 is 10.2 Å². The maximum absolute atomic E-state index is 9.67. The summed E-state index contributed by atoms with van der Waals surface area (Å²) >= 11 is 0. The summed E-state index contributed by atoms with van der Waals surface area (Å²) in [5.74, 6) is 0. The van der Waals surface area contributed by atoms with Crippen LogP contribution in [0, 0.1) is 0 Å². The van der Waals surface area contributed by atoms with Gasteiger partial charge in [-0.2, -0.15) is 0 Å². The van der Waals surface area contributed by atoms with E-state index in [9.17, 15) is 5.11 Å². The van der Waals surface area contributed by atoms with Crippen molar-refractivity contribution in [2.24, 2.45) is 0 Å². The third kappa shape index (κ3) is 1.91. The van der Waals surface area contributed by atoms with Gasteiger partial charge in [0.1, 0.15) is 6.10 Å². The predicted octanol–water partition coefficient (Wildman–Crippen LogP) is 0.505. The fourth-order valence-corrected chi connectivity index (χ4v) is 1.78. The second-order valence-electron chi connectivity index (χ2n) is 3.86. The number of nitrogens with zero attached hydrogens (tertiary/aromatic N) is 1. The number of anilines is 2. The van der Waals surface area contributed by atoms with Crippen LogP contribution in [0.2, 0.25) is 0 Å². The molecule has 1 aromatic rings.